The Hall–Kier alpha value is -2.76. The van der Waals surface area contributed by atoms with Gasteiger partial charge < -0.3 is 5.32 Å². The number of non-ortho nitro benzene ring substituents is 1. The van der Waals surface area contributed by atoms with Gasteiger partial charge in [-0.15, -0.1) is 0 Å². The van der Waals surface area contributed by atoms with Gasteiger partial charge in [0.2, 0.25) is 0 Å². The van der Waals surface area contributed by atoms with E-state index in [4.69, 9.17) is 0 Å². The molecule has 0 aliphatic heterocycles. The van der Waals surface area contributed by atoms with E-state index in [0.717, 1.165) is 17.9 Å². The van der Waals surface area contributed by atoms with Crippen molar-refractivity contribution < 1.29 is 4.92 Å². The Bertz CT molecular complexity index is 666. The van der Waals surface area contributed by atoms with Crippen molar-refractivity contribution in [3.8, 4) is 0 Å². The van der Waals surface area contributed by atoms with Gasteiger partial charge in [0.25, 0.3) is 5.69 Å². The number of rotatable bonds is 9. The molecule has 24 heavy (non-hydrogen) atoms. The van der Waals surface area contributed by atoms with E-state index in [2.05, 4.69) is 22.5 Å². The summed E-state index contributed by atoms with van der Waals surface area (Å²) in [6.45, 7) is 3.18. The molecule has 0 fully saturated rings. The molecule has 2 aromatic carbocycles. The first-order chi connectivity index (χ1) is 11.7. The zero-order valence-corrected chi connectivity index (χ0v) is 13.8. The molecule has 0 atom stereocenters. The van der Waals surface area contributed by atoms with Crippen LogP contribution in [0, 0.1) is 10.1 Å². The van der Waals surface area contributed by atoms with Gasteiger partial charge in [0, 0.05) is 24.4 Å². The van der Waals surface area contributed by atoms with Gasteiger partial charge in [0.15, 0.2) is 0 Å². The van der Waals surface area contributed by atoms with Gasteiger partial charge in [-0.3, -0.25) is 10.1 Å². The lowest BCUT2D eigenvalue weighted by atomic mass is 10.2. The highest BCUT2D eigenvalue weighted by molar-refractivity contribution is 5.51. The van der Waals surface area contributed by atoms with Crippen molar-refractivity contribution in [1.82, 2.24) is 0 Å². The number of hydrogen-bond acceptors (Lipinski definition) is 5. The van der Waals surface area contributed by atoms with Crippen molar-refractivity contribution in [3.05, 3.63) is 58.6 Å². The topological polar surface area (TPSA) is 79.9 Å². The number of unbranched alkanes of at least 4 members (excludes halogenated alkanes) is 3. The van der Waals surface area contributed by atoms with E-state index >= 15 is 0 Å². The van der Waals surface area contributed by atoms with E-state index in [-0.39, 0.29) is 5.69 Å². The molecule has 0 saturated heterocycles. The highest BCUT2D eigenvalue weighted by atomic mass is 16.6. The molecule has 0 aromatic heterocycles. The fourth-order valence-corrected chi connectivity index (χ4v) is 2.19. The molecule has 0 saturated carbocycles. The number of hydrogen-bond donors (Lipinski definition) is 1. The maximum Gasteiger partial charge on any atom is 0.269 e. The second-order valence-electron chi connectivity index (χ2n) is 5.51. The van der Waals surface area contributed by atoms with Gasteiger partial charge in [-0.1, -0.05) is 26.2 Å². The van der Waals surface area contributed by atoms with Crippen LogP contribution in [0.4, 0.5) is 22.7 Å². The first kappa shape index (κ1) is 17.6. The number of nitro groups is 1. The fraction of sp³-hybridized carbons (Fsp3) is 0.333. The molecule has 0 aliphatic carbocycles. The number of nitrogens with zero attached hydrogens (tertiary/aromatic N) is 3. The van der Waals surface area contributed by atoms with Gasteiger partial charge in [-0.25, -0.2) is 0 Å². The SMILES string of the molecule is CCCCCCNc1ccc(N=Nc2ccc([N+](=O)[O-])cc2)cc1. The molecular weight excluding hydrogens is 304 g/mol. The van der Waals surface area contributed by atoms with Crippen LogP contribution in [0.1, 0.15) is 32.6 Å². The van der Waals surface area contributed by atoms with Crippen LogP contribution in [0.2, 0.25) is 0 Å². The lowest BCUT2D eigenvalue weighted by Crippen LogP contribution is -2.00. The predicted octanol–water partition coefficient (Wildman–Crippen LogP) is 6.00. The van der Waals surface area contributed by atoms with Crippen LogP contribution in [-0.4, -0.2) is 11.5 Å². The van der Waals surface area contributed by atoms with Gasteiger partial charge in [0.1, 0.15) is 0 Å². The van der Waals surface area contributed by atoms with E-state index in [1.807, 2.05) is 24.3 Å². The van der Waals surface area contributed by atoms with Crippen LogP contribution >= 0.6 is 0 Å². The average Bonchev–Trinajstić information content (AvgIpc) is 2.61. The van der Waals surface area contributed by atoms with Crippen LogP contribution < -0.4 is 5.32 Å². The molecule has 2 rings (SSSR count). The number of azo groups is 1. The maximum atomic E-state index is 10.6. The van der Waals surface area contributed by atoms with Crippen molar-refractivity contribution in [2.45, 2.75) is 32.6 Å². The summed E-state index contributed by atoms with van der Waals surface area (Å²) in [6, 6.07) is 13.7. The van der Waals surface area contributed by atoms with E-state index in [1.165, 1.54) is 37.8 Å². The third kappa shape index (κ3) is 5.79. The molecule has 0 radical (unpaired) electrons. The van der Waals surface area contributed by atoms with Crippen LogP contribution in [0.25, 0.3) is 0 Å². The van der Waals surface area contributed by atoms with E-state index in [1.54, 1.807) is 12.1 Å². The third-order valence-electron chi connectivity index (χ3n) is 3.57. The van der Waals surface area contributed by atoms with Crippen molar-refractivity contribution >= 4 is 22.7 Å². The first-order valence-corrected chi connectivity index (χ1v) is 8.19. The number of anilines is 1. The average molecular weight is 326 g/mol. The van der Waals surface area contributed by atoms with E-state index in [0.29, 0.717) is 5.69 Å². The molecule has 6 heteroatoms. The lowest BCUT2D eigenvalue weighted by Gasteiger charge is -2.05. The summed E-state index contributed by atoms with van der Waals surface area (Å²) in [7, 11) is 0. The van der Waals surface area contributed by atoms with E-state index in [9.17, 15) is 10.1 Å². The second kappa shape index (κ2) is 9.39. The van der Waals surface area contributed by atoms with Crippen LogP contribution in [0.3, 0.4) is 0 Å². The molecule has 0 bridgehead atoms. The molecule has 0 amide bonds. The molecule has 6 nitrogen and oxygen atoms in total. The predicted molar refractivity (Wildman–Crippen MR) is 96.3 cm³/mol. The third-order valence-corrected chi connectivity index (χ3v) is 3.57. The zero-order chi connectivity index (χ0) is 17.2. The highest BCUT2D eigenvalue weighted by Crippen LogP contribution is 2.22. The second-order valence-corrected chi connectivity index (χ2v) is 5.51. The van der Waals surface area contributed by atoms with Crippen molar-refractivity contribution in [2.24, 2.45) is 10.2 Å². The highest BCUT2D eigenvalue weighted by Gasteiger charge is 2.03. The van der Waals surface area contributed by atoms with Gasteiger partial charge in [0.05, 0.1) is 16.3 Å². The molecular formula is C18H22N4O2. The molecule has 0 spiro atoms. The normalized spacial score (nSPS) is 10.9. The Kier molecular flexibility index (Phi) is 6.89. The summed E-state index contributed by atoms with van der Waals surface area (Å²) in [6.07, 6.45) is 4.96. The largest absolute Gasteiger partial charge is 0.385 e. The van der Waals surface area contributed by atoms with Crippen LogP contribution in [0.15, 0.2) is 58.8 Å². The van der Waals surface area contributed by atoms with Gasteiger partial charge in [-0.05, 0) is 42.8 Å². The Labute approximate surface area is 141 Å². The van der Waals surface area contributed by atoms with Crippen LogP contribution in [0.5, 0.6) is 0 Å². The molecule has 0 aliphatic rings. The van der Waals surface area contributed by atoms with Gasteiger partial charge in [-0.2, -0.15) is 10.2 Å². The Morgan fingerprint density at radius 3 is 2.04 bits per heavy atom. The summed E-state index contributed by atoms with van der Waals surface area (Å²) in [5, 5.41) is 22.2. The van der Waals surface area contributed by atoms with Gasteiger partial charge >= 0.3 is 0 Å². The molecule has 0 unspecified atom stereocenters. The maximum absolute atomic E-state index is 10.6. The zero-order valence-electron chi connectivity index (χ0n) is 13.8. The smallest absolute Gasteiger partial charge is 0.269 e. The molecule has 0 heterocycles. The van der Waals surface area contributed by atoms with Crippen molar-refractivity contribution in [3.63, 3.8) is 0 Å². The summed E-state index contributed by atoms with van der Waals surface area (Å²) < 4.78 is 0. The lowest BCUT2D eigenvalue weighted by molar-refractivity contribution is -0.384. The van der Waals surface area contributed by atoms with Crippen molar-refractivity contribution in [1.29, 1.82) is 0 Å². The Morgan fingerprint density at radius 2 is 1.50 bits per heavy atom. The molecule has 2 aromatic rings. The molecule has 1 N–H and O–H groups in total. The Morgan fingerprint density at radius 1 is 0.917 bits per heavy atom. The molecule has 126 valence electrons. The monoisotopic (exact) mass is 326 g/mol. The fourth-order valence-electron chi connectivity index (χ4n) is 2.19. The standard InChI is InChI=1S/C18H22N4O2/c1-2-3-4-5-14-19-15-6-8-16(9-7-15)20-21-17-10-12-18(13-11-17)22(23)24/h6-13,19H,2-5,14H2,1H3. The number of benzene rings is 2. The summed E-state index contributed by atoms with van der Waals surface area (Å²) in [4.78, 5) is 10.2. The number of nitrogens with one attached hydrogen (secondary N) is 1. The minimum absolute atomic E-state index is 0.0447. The minimum Gasteiger partial charge on any atom is -0.385 e. The first-order valence-electron chi connectivity index (χ1n) is 8.19. The summed E-state index contributed by atoms with van der Waals surface area (Å²) in [5.74, 6) is 0. The van der Waals surface area contributed by atoms with Crippen LogP contribution in [-0.2, 0) is 0 Å². The number of nitro benzene ring substituents is 1. The van der Waals surface area contributed by atoms with Crippen molar-refractivity contribution in [2.75, 3.05) is 11.9 Å². The Balaban J connectivity index is 1.85. The minimum atomic E-state index is -0.436. The van der Waals surface area contributed by atoms with E-state index < -0.39 is 4.92 Å². The quantitative estimate of drug-likeness (QED) is 0.265. The summed E-state index contributed by atoms with van der Waals surface area (Å²) in [5.41, 5.74) is 2.44. The summed E-state index contributed by atoms with van der Waals surface area (Å²) >= 11 is 0.